The molecule has 0 aliphatic rings. The predicted molar refractivity (Wildman–Crippen MR) is 69.3 cm³/mol. The van der Waals surface area contributed by atoms with Crippen molar-refractivity contribution in [2.24, 2.45) is 0 Å². The minimum absolute atomic E-state index is 0.337. The maximum Gasteiger partial charge on any atom is 0.125 e. The van der Waals surface area contributed by atoms with Crippen LogP contribution in [0.15, 0.2) is 42.5 Å². The number of halogens is 1. The molecule has 0 fully saturated rings. The van der Waals surface area contributed by atoms with Crippen LogP contribution in [0.5, 0.6) is 0 Å². The Morgan fingerprint density at radius 1 is 1.22 bits per heavy atom. The Labute approximate surface area is 106 Å². The van der Waals surface area contributed by atoms with E-state index in [0.717, 1.165) is 16.7 Å². The van der Waals surface area contributed by atoms with Gasteiger partial charge in [-0.3, -0.25) is 0 Å². The molecule has 0 saturated heterocycles. The average Bonchev–Trinajstić information content (AvgIpc) is 2.39. The molecule has 3 heteroatoms. The number of hydrogen-bond acceptors (Lipinski definition) is 2. The van der Waals surface area contributed by atoms with Gasteiger partial charge < -0.3 is 5.32 Å². The summed E-state index contributed by atoms with van der Waals surface area (Å²) in [6, 6.07) is 14.1. The van der Waals surface area contributed by atoms with Crippen molar-refractivity contribution in [2.75, 3.05) is 7.05 Å². The molecule has 0 spiro atoms. The third-order valence-corrected chi connectivity index (χ3v) is 2.72. The first-order valence-electron chi connectivity index (χ1n) is 5.68. The van der Waals surface area contributed by atoms with Crippen LogP contribution >= 0.6 is 0 Å². The molecule has 0 bridgehead atoms. The topological polar surface area (TPSA) is 35.8 Å². The van der Waals surface area contributed by atoms with Crippen LogP contribution < -0.4 is 5.32 Å². The van der Waals surface area contributed by atoms with Gasteiger partial charge in [0.2, 0.25) is 0 Å². The fourth-order valence-corrected chi connectivity index (χ4v) is 1.96. The van der Waals surface area contributed by atoms with E-state index in [9.17, 15) is 4.39 Å². The summed E-state index contributed by atoms with van der Waals surface area (Å²) in [5, 5.41) is 12.0. The molecule has 0 aliphatic heterocycles. The maximum absolute atomic E-state index is 13.5. The summed E-state index contributed by atoms with van der Waals surface area (Å²) in [4.78, 5) is 0. The summed E-state index contributed by atoms with van der Waals surface area (Å²) in [6.45, 7) is 0.703. The highest BCUT2D eigenvalue weighted by Gasteiger charge is 2.07. The van der Waals surface area contributed by atoms with Crippen molar-refractivity contribution in [3.63, 3.8) is 0 Å². The van der Waals surface area contributed by atoms with Gasteiger partial charge in [-0.25, -0.2) is 4.39 Å². The zero-order chi connectivity index (χ0) is 13.0. The highest BCUT2D eigenvalue weighted by Crippen LogP contribution is 2.25. The van der Waals surface area contributed by atoms with Gasteiger partial charge in [0, 0.05) is 6.54 Å². The minimum Gasteiger partial charge on any atom is -0.316 e. The number of benzene rings is 2. The van der Waals surface area contributed by atoms with Gasteiger partial charge in [0.05, 0.1) is 11.6 Å². The first-order chi connectivity index (χ1) is 8.74. The quantitative estimate of drug-likeness (QED) is 0.894. The van der Waals surface area contributed by atoms with Crippen LogP contribution in [0, 0.1) is 17.1 Å². The van der Waals surface area contributed by atoms with Crippen molar-refractivity contribution < 1.29 is 4.39 Å². The molecule has 2 aromatic rings. The van der Waals surface area contributed by atoms with Crippen LogP contribution in [0.2, 0.25) is 0 Å². The van der Waals surface area contributed by atoms with E-state index in [1.807, 2.05) is 37.4 Å². The third kappa shape index (κ3) is 2.55. The molecular formula is C15H13FN2. The Balaban J connectivity index is 2.55. The van der Waals surface area contributed by atoms with Crippen LogP contribution in [0.4, 0.5) is 4.39 Å². The van der Waals surface area contributed by atoms with Crippen molar-refractivity contribution in [1.29, 1.82) is 5.26 Å². The van der Waals surface area contributed by atoms with Crippen LogP contribution in [0.25, 0.3) is 11.1 Å². The molecule has 0 saturated carbocycles. The lowest BCUT2D eigenvalue weighted by atomic mass is 9.98. The van der Waals surface area contributed by atoms with E-state index < -0.39 is 0 Å². The normalized spacial score (nSPS) is 10.1. The van der Waals surface area contributed by atoms with E-state index in [4.69, 9.17) is 5.26 Å². The highest BCUT2D eigenvalue weighted by molar-refractivity contribution is 5.68. The number of rotatable bonds is 3. The van der Waals surface area contributed by atoms with E-state index in [0.29, 0.717) is 12.1 Å². The van der Waals surface area contributed by atoms with Gasteiger partial charge in [-0.1, -0.05) is 24.3 Å². The minimum atomic E-state index is -0.386. The summed E-state index contributed by atoms with van der Waals surface area (Å²) in [6.07, 6.45) is 0. The second-order valence-corrected chi connectivity index (χ2v) is 4.03. The predicted octanol–water partition coefficient (Wildman–Crippen LogP) is 3.08. The summed E-state index contributed by atoms with van der Waals surface area (Å²) in [7, 11) is 1.86. The van der Waals surface area contributed by atoms with Crippen molar-refractivity contribution >= 4 is 0 Å². The molecule has 0 aromatic heterocycles. The number of nitrogens with zero attached hydrogens (tertiary/aromatic N) is 1. The lowest BCUT2D eigenvalue weighted by Gasteiger charge is -2.09. The van der Waals surface area contributed by atoms with Gasteiger partial charge in [0.15, 0.2) is 0 Å². The highest BCUT2D eigenvalue weighted by atomic mass is 19.1. The Hall–Kier alpha value is -2.18. The molecule has 18 heavy (non-hydrogen) atoms. The summed E-state index contributed by atoms with van der Waals surface area (Å²) < 4.78 is 13.5. The van der Waals surface area contributed by atoms with Crippen LogP contribution in [0.1, 0.15) is 11.1 Å². The summed E-state index contributed by atoms with van der Waals surface area (Å²) in [5.41, 5.74) is 3.10. The maximum atomic E-state index is 13.5. The Bertz CT molecular complexity index is 600. The standard InChI is InChI=1S/C15H13FN2/c1-18-10-12-4-2-3-5-15(12)13-6-11(9-17)7-14(16)8-13/h2-8,18H,10H2,1H3. The van der Waals surface area contributed by atoms with Gasteiger partial charge in [-0.15, -0.1) is 0 Å². The molecule has 1 N–H and O–H groups in total. The third-order valence-electron chi connectivity index (χ3n) is 2.72. The monoisotopic (exact) mass is 240 g/mol. The Morgan fingerprint density at radius 3 is 2.72 bits per heavy atom. The SMILES string of the molecule is CNCc1ccccc1-c1cc(F)cc(C#N)c1. The molecule has 2 rings (SSSR count). The molecule has 0 amide bonds. The number of nitrogens with one attached hydrogen (secondary N) is 1. The molecule has 90 valence electrons. The zero-order valence-electron chi connectivity index (χ0n) is 10.1. The van der Waals surface area contributed by atoms with Crippen LogP contribution in [-0.4, -0.2) is 7.05 Å². The van der Waals surface area contributed by atoms with Crippen molar-refractivity contribution in [3.05, 3.63) is 59.4 Å². The smallest absolute Gasteiger partial charge is 0.125 e. The fraction of sp³-hybridized carbons (Fsp3) is 0.133. The molecule has 2 nitrogen and oxygen atoms in total. The van der Waals surface area contributed by atoms with E-state index in [2.05, 4.69) is 5.32 Å². The van der Waals surface area contributed by atoms with Gasteiger partial charge in [0.25, 0.3) is 0 Å². The summed E-state index contributed by atoms with van der Waals surface area (Å²) in [5.74, 6) is -0.386. The van der Waals surface area contributed by atoms with Gasteiger partial charge in [-0.2, -0.15) is 5.26 Å². The molecule has 0 unspecified atom stereocenters. The van der Waals surface area contributed by atoms with E-state index in [1.165, 1.54) is 12.1 Å². The average molecular weight is 240 g/mol. The van der Waals surface area contributed by atoms with Crippen LogP contribution in [0.3, 0.4) is 0 Å². The van der Waals surface area contributed by atoms with E-state index in [-0.39, 0.29) is 5.82 Å². The van der Waals surface area contributed by atoms with Gasteiger partial charge in [-0.05, 0) is 41.9 Å². The first-order valence-corrected chi connectivity index (χ1v) is 5.68. The zero-order valence-corrected chi connectivity index (χ0v) is 10.1. The Kier molecular flexibility index (Phi) is 3.71. The van der Waals surface area contributed by atoms with Crippen molar-refractivity contribution in [2.45, 2.75) is 6.54 Å². The lowest BCUT2D eigenvalue weighted by Crippen LogP contribution is -2.06. The van der Waals surface area contributed by atoms with E-state index in [1.54, 1.807) is 6.07 Å². The first kappa shape index (κ1) is 12.3. The second kappa shape index (κ2) is 5.44. The lowest BCUT2D eigenvalue weighted by molar-refractivity contribution is 0.628. The second-order valence-electron chi connectivity index (χ2n) is 4.03. The molecule has 0 atom stereocenters. The molecule has 0 radical (unpaired) electrons. The summed E-state index contributed by atoms with van der Waals surface area (Å²) >= 11 is 0. The molecule has 0 heterocycles. The van der Waals surface area contributed by atoms with Crippen molar-refractivity contribution in [1.82, 2.24) is 5.32 Å². The Morgan fingerprint density at radius 2 is 2.00 bits per heavy atom. The van der Waals surface area contributed by atoms with Gasteiger partial charge in [0.1, 0.15) is 5.82 Å². The van der Waals surface area contributed by atoms with Crippen molar-refractivity contribution in [3.8, 4) is 17.2 Å². The van der Waals surface area contributed by atoms with Crippen LogP contribution in [-0.2, 0) is 6.54 Å². The molecular weight excluding hydrogens is 227 g/mol. The fourth-order valence-electron chi connectivity index (χ4n) is 1.96. The van der Waals surface area contributed by atoms with Gasteiger partial charge >= 0.3 is 0 Å². The molecule has 0 aliphatic carbocycles. The largest absolute Gasteiger partial charge is 0.316 e. The molecule has 2 aromatic carbocycles. The number of hydrogen-bond donors (Lipinski definition) is 1. The van der Waals surface area contributed by atoms with E-state index >= 15 is 0 Å². The number of nitriles is 1.